The van der Waals surface area contributed by atoms with Crippen LogP contribution in [0.3, 0.4) is 0 Å². The average Bonchev–Trinajstić information content (AvgIpc) is 3.15. The molecule has 3 amide bonds. The van der Waals surface area contributed by atoms with E-state index in [1.54, 1.807) is 4.90 Å². The Bertz CT molecular complexity index is 918. The largest absolute Gasteiger partial charge is 0.358 e. The summed E-state index contributed by atoms with van der Waals surface area (Å²) >= 11 is 0. The lowest BCUT2D eigenvalue weighted by Crippen LogP contribution is -2.57. The first kappa shape index (κ1) is 23.2. The number of benzene rings is 1. The Morgan fingerprint density at radius 3 is 2.26 bits per heavy atom. The molecule has 7 nitrogen and oxygen atoms in total. The van der Waals surface area contributed by atoms with E-state index in [0.29, 0.717) is 11.3 Å². The van der Waals surface area contributed by atoms with Crippen LogP contribution in [-0.2, 0) is 9.59 Å². The van der Waals surface area contributed by atoms with Gasteiger partial charge in [0.2, 0.25) is 11.8 Å². The fourth-order valence-corrected chi connectivity index (χ4v) is 6.17. The maximum Gasteiger partial charge on any atom is 0.253 e. The fourth-order valence-electron chi connectivity index (χ4n) is 6.17. The van der Waals surface area contributed by atoms with Crippen molar-refractivity contribution >= 4 is 29.1 Å². The van der Waals surface area contributed by atoms with E-state index in [1.807, 2.05) is 23.1 Å². The van der Waals surface area contributed by atoms with E-state index >= 15 is 0 Å². The number of amides is 3. The lowest BCUT2D eigenvalue weighted by molar-refractivity contribution is -0.125. The summed E-state index contributed by atoms with van der Waals surface area (Å²) < 4.78 is 0. The maximum atomic E-state index is 13.6. The van der Waals surface area contributed by atoms with Gasteiger partial charge in [0.1, 0.15) is 12.6 Å². The predicted molar refractivity (Wildman–Crippen MR) is 133 cm³/mol. The SMILES string of the molecule is O=C(CN1C(=O)C2CCCCN2c2ccc(C(=O)N3CCCCC3)cc21)NC1CCCCCC1. The van der Waals surface area contributed by atoms with Gasteiger partial charge in [-0.25, -0.2) is 0 Å². The Hall–Kier alpha value is -2.57. The van der Waals surface area contributed by atoms with Gasteiger partial charge in [0.15, 0.2) is 0 Å². The van der Waals surface area contributed by atoms with Crippen LogP contribution in [0.4, 0.5) is 11.4 Å². The lowest BCUT2D eigenvalue weighted by Gasteiger charge is -2.45. The van der Waals surface area contributed by atoms with Crippen LogP contribution in [0.1, 0.15) is 87.4 Å². The van der Waals surface area contributed by atoms with Crippen LogP contribution in [0.25, 0.3) is 0 Å². The molecular weight excluding hydrogens is 428 g/mol. The van der Waals surface area contributed by atoms with Crippen molar-refractivity contribution in [1.82, 2.24) is 10.2 Å². The number of carbonyl (C=O) groups excluding carboxylic acids is 3. The first-order valence-corrected chi connectivity index (χ1v) is 13.4. The molecule has 1 N–H and O–H groups in total. The Balaban J connectivity index is 1.40. The molecule has 0 radical (unpaired) electrons. The zero-order valence-corrected chi connectivity index (χ0v) is 20.3. The molecule has 4 aliphatic rings. The summed E-state index contributed by atoms with van der Waals surface area (Å²) in [5.41, 5.74) is 2.29. The highest BCUT2D eigenvalue weighted by Crippen LogP contribution is 2.40. The van der Waals surface area contributed by atoms with Gasteiger partial charge in [0, 0.05) is 31.2 Å². The quantitative estimate of drug-likeness (QED) is 0.684. The monoisotopic (exact) mass is 466 g/mol. The van der Waals surface area contributed by atoms with Crippen LogP contribution in [0.2, 0.25) is 0 Å². The van der Waals surface area contributed by atoms with Crippen molar-refractivity contribution < 1.29 is 14.4 Å². The molecule has 184 valence electrons. The smallest absolute Gasteiger partial charge is 0.253 e. The van der Waals surface area contributed by atoms with Gasteiger partial charge in [-0.1, -0.05) is 25.7 Å². The van der Waals surface area contributed by atoms with E-state index < -0.39 is 0 Å². The van der Waals surface area contributed by atoms with Crippen molar-refractivity contribution in [1.29, 1.82) is 0 Å². The van der Waals surface area contributed by atoms with Crippen LogP contribution in [0, 0.1) is 0 Å². The minimum absolute atomic E-state index is 0.00853. The van der Waals surface area contributed by atoms with Crippen molar-refractivity contribution in [2.45, 2.75) is 89.1 Å². The molecule has 3 aliphatic heterocycles. The molecule has 7 heteroatoms. The second-order valence-electron chi connectivity index (χ2n) is 10.4. The topological polar surface area (TPSA) is 73.0 Å². The molecule has 1 atom stereocenters. The Kier molecular flexibility index (Phi) is 7.07. The first-order chi connectivity index (χ1) is 16.6. The molecule has 0 spiro atoms. The second-order valence-corrected chi connectivity index (χ2v) is 10.4. The Morgan fingerprint density at radius 2 is 1.50 bits per heavy atom. The first-order valence-electron chi connectivity index (χ1n) is 13.4. The van der Waals surface area contributed by atoms with Crippen LogP contribution in [-0.4, -0.2) is 60.9 Å². The average molecular weight is 467 g/mol. The van der Waals surface area contributed by atoms with Crippen LogP contribution < -0.4 is 15.1 Å². The molecule has 1 aromatic carbocycles. The van der Waals surface area contributed by atoms with Gasteiger partial charge in [-0.15, -0.1) is 0 Å². The van der Waals surface area contributed by atoms with Crippen molar-refractivity contribution in [3.63, 3.8) is 0 Å². The van der Waals surface area contributed by atoms with Crippen molar-refractivity contribution in [2.24, 2.45) is 0 Å². The van der Waals surface area contributed by atoms with Crippen LogP contribution in [0.15, 0.2) is 18.2 Å². The molecule has 3 heterocycles. The second kappa shape index (κ2) is 10.4. The zero-order chi connectivity index (χ0) is 23.5. The Morgan fingerprint density at radius 1 is 0.824 bits per heavy atom. The summed E-state index contributed by atoms with van der Waals surface area (Å²) in [4.78, 5) is 45.6. The maximum absolute atomic E-state index is 13.6. The third kappa shape index (κ3) is 4.80. The summed E-state index contributed by atoms with van der Waals surface area (Å²) in [7, 11) is 0. The number of likely N-dealkylation sites (tertiary alicyclic amines) is 1. The summed E-state index contributed by atoms with van der Waals surface area (Å²) in [6.07, 6.45) is 12.9. The number of hydrogen-bond donors (Lipinski definition) is 1. The summed E-state index contributed by atoms with van der Waals surface area (Å²) in [6, 6.07) is 5.74. The molecule has 1 aliphatic carbocycles. The third-order valence-corrected chi connectivity index (χ3v) is 8.04. The number of nitrogens with zero attached hydrogens (tertiary/aromatic N) is 3. The van der Waals surface area contributed by atoms with Gasteiger partial charge < -0.3 is 15.1 Å². The third-order valence-electron chi connectivity index (χ3n) is 8.04. The van der Waals surface area contributed by atoms with Crippen LogP contribution in [0.5, 0.6) is 0 Å². The van der Waals surface area contributed by atoms with Crippen molar-refractivity contribution in [2.75, 3.05) is 36.0 Å². The van der Waals surface area contributed by atoms with E-state index in [4.69, 9.17) is 0 Å². The number of nitrogens with one attached hydrogen (secondary N) is 1. The number of fused-ring (bicyclic) bond motifs is 3. The van der Waals surface area contributed by atoms with Gasteiger partial charge in [0.25, 0.3) is 5.91 Å². The summed E-state index contributed by atoms with van der Waals surface area (Å²) in [5, 5.41) is 3.20. The minimum Gasteiger partial charge on any atom is -0.358 e. The number of piperidine rings is 2. The van der Waals surface area contributed by atoms with E-state index in [0.717, 1.165) is 83.1 Å². The fraction of sp³-hybridized carbons (Fsp3) is 0.667. The van der Waals surface area contributed by atoms with E-state index in [1.165, 1.54) is 19.3 Å². The van der Waals surface area contributed by atoms with E-state index in [9.17, 15) is 14.4 Å². The highest BCUT2D eigenvalue weighted by Gasteiger charge is 2.40. The standard InChI is InChI=1S/C27H38N4O3/c32-25(28-21-10-4-1-2-5-11-21)19-31-24-18-20(26(33)29-15-7-3-8-16-29)13-14-22(24)30-17-9-6-12-23(30)27(31)34/h13-14,18,21,23H,1-12,15-17,19H2,(H,28,32). The molecule has 1 saturated carbocycles. The summed E-state index contributed by atoms with van der Waals surface area (Å²) in [6.45, 7) is 2.44. The van der Waals surface area contributed by atoms with Crippen molar-refractivity contribution in [3.05, 3.63) is 23.8 Å². The molecule has 5 rings (SSSR count). The molecular formula is C27H38N4O3. The van der Waals surface area contributed by atoms with E-state index in [2.05, 4.69) is 10.2 Å². The Labute approximate surface area is 202 Å². The lowest BCUT2D eigenvalue weighted by atomic mass is 9.95. The molecule has 1 aromatic rings. The summed E-state index contributed by atoms with van der Waals surface area (Å²) in [5.74, 6) is -0.0763. The highest BCUT2D eigenvalue weighted by molar-refractivity contribution is 6.09. The van der Waals surface area contributed by atoms with Gasteiger partial charge >= 0.3 is 0 Å². The van der Waals surface area contributed by atoms with Crippen molar-refractivity contribution in [3.8, 4) is 0 Å². The van der Waals surface area contributed by atoms with E-state index in [-0.39, 0.29) is 36.3 Å². The van der Waals surface area contributed by atoms with Gasteiger partial charge in [-0.2, -0.15) is 0 Å². The molecule has 1 unspecified atom stereocenters. The van der Waals surface area contributed by atoms with Gasteiger partial charge in [-0.3, -0.25) is 19.3 Å². The number of rotatable bonds is 4. The molecule has 0 bridgehead atoms. The molecule has 3 fully saturated rings. The normalized spacial score (nSPS) is 23.7. The minimum atomic E-state index is -0.212. The van der Waals surface area contributed by atoms with Gasteiger partial charge in [0.05, 0.1) is 11.4 Å². The van der Waals surface area contributed by atoms with Crippen LogP contribution >= 0.6 is 0 Å². The number of carbonyl (C=O) groups is 3. The zero-order valence-electron chi connectivity index (χ0n) is 20.3. The molecule has 0 aromatic heterocycles. The van der Waals surface area contributed by atoms with Gasteiger partial charge in [-0.05, 0) is 69.6 Å². The molecule has 34 heavy (non-hydrogen) atoms. The number of anilines is 2. The highest BCUT2D eigenvalue weighted by atomic mass is 16.2. The number of hydrogen-bond acceptors (Lipinski definition) is 4. The molecule has 2 saturated heterocycles. The predicted octanol–water partition coefficient (Wildman–Crippen LogP) is 3.86.